The molecule has 0 rings (SSSR count). The maximum absolute atomic E-state index is 11.3. The number of methoxy groups -OCH3 is 1. The summed E-state index contributed by atoms with van der Waals surface area (Å²) in [6.45, 7) is 9.43. The van der Waals surface area contributed by atoms with Crippen LogP contribution >= 0.6 is 0 Å². The van der Waals surface area contributed by atoms with Crippen molar-refractivity contribution in [1.29, 1.82) is 0 Å². The summed E-state index contributed by atoms with van der Waals surface area (Å²) in [5.41, 5.74) is 0.723. The first-order valence-corrected chi connectivity index (χ1v) is 6.67. The van der Waals surface area contributed by atoms with E-state index in [2.05, 4.69) is 23.9 Å². The zero-order chi connectivity index (χ0) is 13.8. The number of rotatable bonds is 10. The molecule has 0 unspecified atom stereocenters. The highest BCUT2D eigenvalue weighted by Gasteiger charge is 2.05. The standard InChI is InChI=1S/C14H27NO3/c1-5-13(14(16)17-4)7-9-15-8-6-10-18-11-12(2)3/h7,12,15H,5-6,8-11H2,1-4H3. The molecule has 18 heavy (non-hydrogen) atoms. The van der Waals surface area contributed by atoms with Gasteiger partial charge in [0.05, 0.1) is 7.11 Å². The minimum absolute atomic E-state index is 0.237. The second-order valence-electron chi connectivity index (χ2n) is 4.60. The van der Waals surface area contributed by atoms with Crippen LogP contribution in [0.3, 0.4) is 0 Å². The number of carbonyl (C=O) groups is 1. The smallest absolute Gasteiger partial charge is 0.333 e. The fourth-order valence-corrected chi connectivity index (χ4v) is 1.42. The molecule has 0 aromatic heterocycles. The van der Waals surface area contributed by atoms with Gasteiger partial charge >= 0.3 is 5.97 Å². The third kappa shape index (κ3) is 9.19. The summed E-state index contributed by atoms with van der Waals surface area (Å²) in [5.74, 6) is 0.354. The molecule has 0 fully saturated rings. The Morgan fingerprint density at radius 1 is 1.39 bits per heavy atom. The first-order valence-electron chi connectivity index (χ1n) is 6.67. The molecule has 106 valence electrons. The summed E-state index contributed by atoms with van der Waals surface area (Å²) < 4.78 is 10.2. The zero-order valence-electron chi connectivity index (χ0n) is 12.1. The van der Waals surface area contributed by atoms with Crippen molar-refractivity contribution in [3.8, 4) is 0 Å². The lowest BCUT2D eigenvalue weighted by molar-refractivity contribution is -0.136. The topological polar surface area (TPSA) is 47.6 Å². The van der Waals surface area contributed by atoms with Crippen molar-refractivity contribution >= 4 is 5.97 Å². The highest BCUT2D eigenvalue weighted by atomic mass is 16.5. The Bertz CT molecular complexity index is 249. The number of ether oxygens (including phenoxy) is 2. The monoisotopic (exact) mass is 257 g/mol. The van der Waals surface area contributed by atoms with E-state index in [9.17, 15) is 4.79 Å². The van der Waals surface area contributed by atoms with Crippen LogP contribution in [-0.2, 0) is 14.3 Å². The van der Waals surface area contributed by atoms with Gasteiger partial charge in [0, 0.05) is 25.3 Å². The maximum atomic E-state index is 11.3. The van der Waals surface area contributed by atoms with E-state index in [1.807, 2.05) is 13.0 Å². The van der Waals surface area contributed by atoms with Gasteiger partial charge in [0.1, 0.15) is 0 Å². The van der Waals surface area contributed by atoms with Gasteiger partial charge in [0.15, 0.2) is 0 Å². The van der Waals surface area contributed by atoms with E-state index >= 15 is 0 Å². The van der Waals surface area contributed by atoms with E-state index in [1.54, 1.807) is 0 Å². The Balaban J connectivity index is 3.54. The number of hydrogen-bond donors (Lipinski definition) is 1. The van der Waals surface area contributed by atoms with Gasteiger partial charge in [-0.3, -0.25) is 0 Å². The van der Waals surface area contributed by atoms with Crippen molar-refractivity contribution in [2.45, 2.75) is 33.6 Å². The lowest BCUT2D eigenvalue weighted by Gasteiger charge is -2.07. The summed E-state index contributed by atoms with van der Waals surface area (Å²) in [6, 6.07) is 0. The van der Waals surface area contributed by atoms with Crippen LogP contribution in [0.5, 0.6) is 0 Å². The largest absolute Gasteiger partial charge is 0.466 e. The lowest BCUT2D eigenvalue weighted by atomic mass is 10.2. The van der Waals surface area contributed by atoms with Gasteiger partial charge in [-0.2, -0.15) is 0 Å². The molecule has 0 aliphatic heterocycles. The molecule has 0 amide bonds. The predicted molar refractivity (Wildman–Crippen MR) is 73.5 cm³/mol. The molecule has 0 aliphatic rings. The molecule has 0 spiro atoms. The molecule has 0 radical (unpaired) electrons. The van der Waals surface area contributed by atoms with Gasteiger partial charge in [0.25, 0.3) is 0 Å². The second-order valence-corrected chi connectivity index (χ2v) is 4.60. The molecule has 0 heterocycles. The van der Waals surface area contributed by atoms with Crippen molar-refractivity contribution in [3.05, 3.63) is 11.6 Å². The number of esters is 1. The number of carbonyl (C=O) groups excluding carboxylic acids is 1. The van der Waals surface area contributed by atoms with Crippen LogP contribution in [0.25, 0.3) is 0 Å². The van der Waals surface area contributed by atoms with Gasteiger partial charge in [-0.15, -0.1) is 0 Å². The fourth-order valence-electron chi connectivity index (χ4n) is 1.42. The van der Waals surface area contributed by atoms with E-state index < -0.39 is 0 Å². The summed E-state index contributed by atoms with van der Waals surface area (Å²) in [6.07, 6.45) is 3.58. The van der Waals surface area contributed by atoms with E-state index in [1.165, 1.54) is 7.11 Å². The van der Waals surface area contributed by atoms with Gasteiger partial charge in [-0.1, -0.05) is 26.8 Å². The molecule has 1 N–H and O–H groups in total. The van der Waals surface area contributed by atoms with E-state index in [-0.39, 0.29) is 5.97 Å². The Morgan fingerprint density at radius 3 is 2.67 bits per heavy atom. The first-order chi connectivity index (χ1) is 8.61. The fraction of sp³-hybridized carbons (Fsp3) is 0.786. The molecule has 0 aromatic rings. The Labute approximate surface area is 111 Å². The van der Waals surface area contributed by atoms with Crippen LogP contribution < -0.4 is 5.32 Å². The molecule has 4 nitrogen and oxygen atoms in total. The average molecular weight is 257 g/mol. The lowest BCUT2D eigenvalue weighted by Crippen LogP contribution is -2.18. The Morgan fingerprint density at radius 2 is 2.11 bits per heavy atom. The Kier molecular flexibility index (Phi) is 10.7. The second kappa shape index (κ2) is 11.2. The maximum Gasteiger partial charge on any atom is 0.333 e. The summed E-state index contributed by atoms with van der Waals surface area (Å²) in [5, 5.41) is 3.25. The van der Waals surface area contributed by atoms with Gasteiger partial charge < -0.3 is 14.8 Å². The van der Waals surface area contributed by atoms with Crippen LogP contribution in [0, 0.1) is 5.92 Å². The van der Waals surface area contributed by atoms with Crippen LogP contribution in [0.4, 0.5) is 0 Å². The van der Waals surface area contributed by atoms with E-state index in [4.69, 9.17) is 4.74 Å². The minimum atomic E-state index is -0.237. The normalized spacial score (nSPS) is 11.9. The molecular formula is C14H27NO3. The minimum Gasteiger partial charge on any atom is -0.466 e. The molecule has 0 bridgehead atoms. The van der Waals surface area contributed by atoms with Crippen molar-refractivity contribution in [3.63, 3.8) is 0 Å². The van der Waals surface area contributed by atoms with E-state index in [0.717, 1.165) is 31.8 Å². The average Bonchev–Trinajstić information content (AvgIpc) is 2.36. The molecule has 0 atom stereocenters. The molecule has 0 aromatic carbocycles. The van der Waals surface area contributed by atoms with E-state index in [0.29, 0.717) is 18.9 Å². The van der Waals surface area contributed by atoms with Crippen LogP contribution in [0.2, 0.25) is 0 Å². The number of nitrogens with one attached hydrogen (secondary N) is 1. The first kappa shape index (κ1) is 17.1. The van der Waals surface area contributed by atoms with Crippen molar-refractivity contribution < 1.29 is 14.3 Å². The van der Waals surface area contributed by atoms with Gasteiger partial charge in [0.2, 0.25) is 0 Å². The highest BCUT2D eigenvalue weighted by Crippen LogP contribution is 2.01. The van der Waals surface area contributed by atoms with Crippen LogP contribution in [0.1, 0.15) is 33.6 Å². The van der Waals surface area contributed by atoms with Crippen LogP contribution in [-0.4, -0.2) is 39.4 Å². The van der Waals surface area contributed by atoms with Crippen LogP contribution in [0.15, 0.2) is 11.6 Å². The van der Waals surface area contributed by atoms with Crippen molar-refractivity contribution in [2.24, 2.45) is 5.92 Å². The molecule has 0 aliphatic carbocycles. The molecule has 0 saturated heterocycles. The highest BCUT2D eigenvalue weighted by molar-refractivity contribution is 5.88. The zero-order valence-corrected chi connectivity index (χ0v) is 12.1. The van der Waals surface area contributed by atoms with Gasteiger partial charge in [-0.25, -0.2) is 4.79 Å². The van der Waals surface area contributed by atoms with Crippen molar-refractivity contribution in [1.82, 2.24) is 5.32 Å². The quantitative estimate of drug-likeness (QED) is 0.370. The van der Waals surface area contributed by atoms with Gasteiger partial charge in [-0.05, 0) is 25.3 Å². The summed E-state index contributed by atoms with van der Waals surface area (Å²) >= 11 is 0. The molecule has 4 heteroatoms. The number of hydrogen-bond acceptors (Lipinski definition) is 4. The van der Waals surface area contributed by atoms with Crippen molar-refractivity contribution in [2.75, 3.05) is 33.4 Å². The molecular weight excluding hydrogens is 230 g/mol. The summed E-state index contributed by atoms with van der Waals surface area (Å²) in [7, 11) is 1.41. The summed E-state index contributed by atoms with van der Waals surface area (Å²) in [4.78, 5) is 11.3. The third-order valence-corrected chi connectivity index (χ3v) is 2.41. The SMILES string of the molecule is CCC(=CCNCCCOCC(C)C)C(=O)OC. The predicted octanol–water partition coefficient (Wildman–Crippen LogP) is 2.15. The Hall–Kier alpha value is -0.870. The third-order valence-electron chi connectivity index (χ3n) is 2.41. The molecule has 0 saturated carbocycles.